The van der Waals surface area contributed by atoms with Crippen molar-refractivity contribution in [1.82, 2.24) is 10.2 Å². The molecule has 2 aromatic rings. The number of nitrogens with two attached hydrogens (primary N) is 1. The van der Waals surface area contributed by atoms with Crippen molar-refractivity contribution in [3.63, 3.8) is 0 Å². The first-order chi connectivity index (χ1) is 14.9. The number of nitriles is 1. The van der Waals surface area contributed by atoms with Crippen LogP contribution in [0.4, 0.5) is 0 Å². The maximum Gasteiger partial charge on any atom is 0.258 e. The number of methoxy groups -OCH3 is 2. The fourth-order valence-electron chi connectivity index (χ4n) is 4.18. The summed E-state index contributed by atoms with van der Waals surface area (Å²) in [4.78, 5) is 28.4. The van der Waals surface area contributed by atoms with Crippen LogP contribution in [0.3, 0.4) is 0 Å². The van der Waals surface area contributed by atoms with E-state index in [4.69, 9.17) is 27.4 Å². The number of rotatable bonds is 5. The van der Waals surface area contributed by atoms with E-state index in [2.05, 4.69) is 5.32 Å². The first-order valence-electron chi connectivity index (χ1n) is 9.28. The van der Waals surface area contributed by atoms with Crippen molar-refractivity contribution in [2.75, 3.05) is 14.2 Å². The number of benzene rings is 2. The number of ketones is 1. The van der Waals surface area contributed by atoms with Crippen molar-refractivity contribution < 1.29 is 19.1 Å². The Bertz CT molecular complexity index is 1170. The van der Waals surface area contributed by atoms with Gasteiger partial charge < -0.3 is 20.5 Å². The molecule has 1 amide bonds. The van der Waals surface area contributed by atoms with E-state index in [1.54, 1.807) is 48.5 Å². The first kappa shape index (κ1) is 20.4. The van der Waals surface area contributed by atoms with Crippen molar-refractivity contribution in [1.29, 1.82) is 5.26 Å². The second kappa shape index (κ2) is 7.41. The van der Waals surface area contributed by atoms with Crippen molar-refractivity contribution in [2.24, 2.45) is 11.7 Å². The van der Waals surface area contributed by atoms with Crippen LogP contribution in [-0.4, -0.2) is 35.9 Å². The van der Waals surface area contributed by atoms with Crippen molar-refractivity contribution in [3.8, 4) is 17.6 Å². The van der Waals surface area contributed by atoms with Gasteiger partial charge in [0.15, 0.2) is 16.4 Å². The predicted octanol–water partition coefficient (Wildman–Crippen LogP) is 1.82. The number of carbonyl (C=O) groups excluding carboxylic acids is 2. The Kier molecular flexibility index (Phi) is 4.87. The van der Waals surface area contributed by atoms with E-state index in [0.717, 1.165) is 0 Å². The summed E-state index contributed by atoms with van der Waals surface area (Å²) < 4.78 is 10.4. The summed E-state index contributed by atoms with van der Waals surface area (Å²) in [6, 6.07) is 15.2. The van der Waals surface area contributed by atoms with Gasteiger partial charge in [0, 0.05) is 5.56 Å². The monoisotopic (exact) mass is 434 g/mol. The molecule has 2 aromatic carbocycles. The fourth-order valence-corrected chi connectivity index (χ4v) is 4.52. The molecule has 0 radical (unpaired) electrons. The summed E-state index contributed by atoms with van der Waals surface area (Å²) >= 11 is 5.34. The number of ether oxygens (including phenoxy) is 2. The Morgan fingerprint density at radius 1 is 1.13 bits per heavy atom. The molecule has 0 aliphatic carbocycles. The number of amides is 1. The summed E-state index contributed by atoms with van der Waals surface area (Å²) in [6.45, 7) is 0. The lowest BCUT2D eigenvalue weighted by Crippen LogP contribution is -2.51. The van der Waals surface area contributed by atoms with Gasteiger partial charge in [0.05, 0.1) is 31.8 Å². The molecule has 2 heterocycles. The van der Waals surface area contributed by atoms with Gasteiger partial charge in [-0.15, -0.1) is 0 Å². The number of hydrogen-bond donors (Lipinski definition) is 2. The van der Waals surface area contributed by atoms with E-state index in [-0.39, 0.29) is 16.5 Å². The Morgan fingerprint density at radius 3 is 2.19 bits per heavy atom. The number of nitrogens with one attached hydrogen (secondary N) is 1. The highest BCUT2D eigenvalue weighted by atomic mass is 32.1. The van der Waals surface area contributed by atoms with E-state index >= 15 is 0 Å². The third-order valence-corrected chi connectivity index (χ3v) is 5.92. The second-order valence-corrected chi connectivity index (χ2v) is 7.41. The van der Waals surface area contributed by atoms with Crippen LogP contribution >= 0.6 is 12.2 Å². The van der Waals surface area contributed by atoms with Gasteiger partial charge in [0.1, 0.15) is 17.3 Å². The molecule has 0 spiro atoms. The Hall–Kier alpha value is -3.90. The molecule has 0 aromatic heterocycles. The van der Waals surface area contributed by atoms with Crippen molar-refractivity contribution >= 4 is 29.0 Å². The lowest BCUT2D eigenvalue weighted by molar-refractivity contribution is -0.127. The third kappa shape index (κ3) is 2.76. The molecule has 1 saturated heterocycles. The molecule has 8 nitrogen and oxygen atoms in total. The molecule has 31 heavy (non-hydrogen) atoms. The molecule has 3 N–H and O–H groups in total. The zero-order chi connectivity index (χ0) is 22.3. The molecule has 9 heteroatoms. The number of hydrogen-bond acceptors (Lipinski definition) is 7. The number of nitrogens with zero attached hydrogens (tertiary/aromatic N) is 2. The average Bonchev–Trinajstić information content (AvgIpc) is 3.22. The van der Waals surface area contributed by atoms with Gasteiger partial charge >= 0.3 is 0 Å². The molecule has 2 aliphatic heterocycles. The summed E-state index contributed by atoms with van der Waals surface area (Å²) in [5.74, 6) is -1.02. The third-order valence-electron chi connectivity index (χ3n) is 5.63. The average molecular weight is 434 g/mol. The van der Waals surface area contributed by atoms with Crippen LogP contribution in [0.25, 0.3) is 0 Å². The first-order valence-corrected chi connectivity index (χ1v) is 9.69. The minimum absolute atomic E-state index is 0.00571. The van der Waals surface area contributed by atoms with E-state index in [1.165, 1.54) is 19.1 Å². The lowest BCUT2D eigenvalue weighted by Gasteiger charge is -2.35. The quantitative estimate of drug-likeness (QED) is 0.541. The van der Waals surface area contributed by atoms with E-state index < -0.39 is 23.1 Å². The van der Waals surface area contributed by atoms with Crippen LogP contribution in [-0.2, 0) is 10.3 Å². The largest absolute Gasteiger partial charge is 0.497 e. The number of fused-ring (bicyclic) bond motifs is 1. The molecule has 0 saturated carbocycles. The molecule has 2 unspecified atom stereocenters. The smallest absolute Gasteiger partial charge is 0.258 e. The topological polar surface area (TPSA) is 118 Å². The normalized spacial score (nSPS) is 22.1. The van der Waals surface area contributed by atoms with Crippen LogP contribution in [0.5, 0.6) is 11.5 Å². The SMILES string of the molecule is COc1ccc(C(=O)C2C(C#N)=C(N)N3C(=S)NC(=O)C23c2ccc(OC)cc2)cc1. The molecule has 0 bridgehead atoms. The lowest BCUT2D eigenvalue weighted by atomic mass is 9.72. The minimum Gasteiger partial charge on any atom is -0.497 e. The zero-order valence-electron chi connectivity index (χ0n) is 16.7. The Labute approximate surface area is 183 Å². The van der Waals surface area contributed by atoms with Gasteiger partial charge in [-0.1, -0.05) is 12.1 Å². The number of Topliss-reactive ketones (excluding diaryl/α,β-unsaturated/α-hetero) is 1. The summed E-state index contributed by atoms with van der Waals surface area (Å²) in [6.07, 6.45) is 0. The predicted molar refractivity (Wildman–Crippen MR) is 115 cm³/mol. The molecule has 2 aliphatic rings. The van der Waals surface area contributed by atoms with Gasteiger partial charge in [0.25, 0.3) is 5.91 Å². The molecular weight excluding hydrogens is 416 g/mol. The summed E-state index contributed by atoms with van der Waals surface area (Å²) in [5, 5.41) is 12.5. The minimum atomic E-state index is -1.62. The van der Waals surface area contributed by atoms with Crippen LogP contribution in [0.2, 0.25) is 0 Å². The van der Waals surface area contributed by atoms with Crippen LogP contribution in [0.1, 0.15) is 15.9 Å². The second-order valence-electron chi connectivity index (χ2n) is 7.03. The van der Waals surface area contributed by atoms with Crippen molar-refractivity contribution in [2.45, 2.75) is 5.54 Å². The molecule has 156 valence electrons. The van der Waals surface area contributed by atoms with Gasteiger partial charge in [-0.25, -0.2) is 0 Å². The molecule has 1 fully saturated rings. The van der Waals surface area contributed by atoms with E-state index in [9.17, 15) is 14.9 Å². The highest BCUT2D eigenvalue weighted by Gasteiger charge is 2.66. The standard InChI is InChI=1S/C22H18N4O4S/c1-29-14-7-3-12(4-8-14)18(27)17-16(11-23)19(24)26-21(31)25-20(28)22(17,26)13-5-9-15(30-2)10-6-13/h3-10,17H,24H2,1-2H3,(H,25,28,31). The maximum atomic E-state index is 13.7. The van der Waals surface area contributed by atoms with Crippen LogP contribution in [0.15, 0.2) is 59.9 Å². The maximum absolute atomic E-state index is 13.7. The van der Waals surface area contributed by atoms with Crippen LogP contribution < -0.4 is 20.5 Å². The van der Waals surface area contributed by atoms with E-state index in [1.807, 2.05) is 6.07 Å². The fraction of sp³-hybridized carbons (Fsp3) is 0.182. The number of thiocarbonyl (C=S) groups is 1. The highest BCUT2D eigenvalue weighted by molar-refractivity contribution is 7.80. The van der Waals surface area contributed by atoms with Gasteiger partial charge in [-0.05, 0) is 54.2 Å². The summed E-state index contributed by atoms with van der Waals surface area (Å²) in [5.41, 5.74) is 5.42. The van der Waals surface area contributed by atoms with Crippen LogP contribution in [0, 0.1) is 17.2 Å². The van der Waals surface area contributed by atoms with E-state index in [0.29, 0.717) is 22.6 Å². The zero-order valence-corrected chi connectivity index (χ0v) is 17.5. The number of carbonyl (C=O) groups is 2. The van der Waals surface area contributed by atoms with Gasteiger partial charge in [0.2, 0.25) is 0 Å². The molecule has 4 rings (SSSR count). The van der Waals surface area contributed by atoms with Gasteiger partial charge in [-0.3, -0.25) is 14.5 Å². The van der Waals surface area contributed by atoms with Gasteiger partial charge in [-0.2, -0.15) is 5.26 Å². The molecular formula is C22H18N4O4S. The molecule has 2 atom stereocenters. The Morgan fingerprint density at radius 2 is 1.68 bits per heavy atom. The highest BCUT2D eigenvalue weighted by Crippen LogP contribution is 2.51. The van der Waals surface area contributed by atoms with Crippen molar-refractivity contribution in [3.05, 3.63) is 71.1 Å². The summed E-state index contributed by atoms with van der Waals surface area (Å²) in [7, 11) is 3.04. The Balaban J connectivity index is 1.94.